The minimum Gasteiger partial charge on any atom is -0.417 e. The lowest BCUT2D eigenvalue weighted by molar-refractivity contribution is 0.263. The maximum atomic E-state index is 6.28. The third-order valence-corrected chi connectivity index (χ3v) is 13.3. The number of hydrogen-bond donors (Lipinski definition) is 0. The van der Waals surface area contributed by atoms with Gasteiger partial charge in [0.1, 0.15) is 0 Å². The smallest absolute Gasteiger partial charge is 0.417 e. The molecular weight excluding hydrogens is 304 g/mol. The van der Waals surface area contributed by atoms with Gasteiger partial charge in [-0.25, -0.2) is 0 Å². The van der Waals surface area contributed by atoms with Crippen molar-refractivity contribution < 1.29 is 12.3 Å². The summed E-state index contributed by atoms with van der Waals surface area (Å²) in [6.07, 6.45) is 0. The van der Waals surface area contributed by atoms with E-state index in [1.165, 1.54) is 0 Å². The largest absolute Gasteiger partial charge is 0.466 e. The van der Waals surface area contributed by atoms with Gasteiger partial charge in [0.05, 0.1) is 0 Å². The van der Waals surface area contributed by atoms with Gasteiger partial charge < -0.3 is 12.3 Å². The zero-order valence-corrected chi connectivity index (χ0v) is 17.2. The van der Waals surface area contributed by atoms with Crippen LogP contribution in [0.4, 0.5) is 0 Å². The summed E-state index contributed by atoms with van der Waals surface area (Å²) in [6.45, 7) is 21.8. The van der Waals surface area contributed by atoms with Crippen molar-refractivity contribution in [3.8, 4) is 0 Å². The monoisotopic (exact) mass is 342 g/mol. The van der Waals surface area contributed by atoms with Crippen molar-refractivity contribution in [2.45, 2.75) is 80.3 Å². The van der Waals surface area contributed by atoms with Crippen LogP contribution in [0.15, 0.2) is 0 Å². The van der Waals surface area contributed by atoms with E-state index in [9.17, 15) is 0 Å². The Morgan fingerprint density at radius 1 is 0.421 bits per heavy atom. The molecule has 0 spiro atoms. The van der Waals surface area contributed by atoms with Crippen LogP contribution in [-0.2, 0) is 12.3 Å². The van der Waals surface area contributed by atoms with Crippen LogP contribution in [0.25, 0.3) is 0 Å². The van der Waals surface area contributed by atoms with E-state index < -0.39 is 33.8 Å². The Bertz CT molecular complexity index is 210. The zero-order valence-electron chi connectivity index (χ0n) is 13.2. The van der Waals surface area contributed by atoms with Crippen LogP contribution in [-0.4, -0.2) is 33.8 Å². The third kappa shape index (κ3) is 15.0. The molecule has 0 bridgehead atoms. The lowest BCUT2D eigenvalue weighted by Crippen LogP contribution is -2.58. The first kappa shape index (κ1) is 24.7. The van der Waals surface area contributed by atoms with Gasteiger partial charge in [0.15, 0.2) is 25.0 Å². The fourth-order valence-electron chi connectivity index (χ4n) is 1.73. The second-order valence-corrected chi connectivity index (χ2v) is 24.4. The molecule has 0 saturated heterocycles. The van der Waals surface area contributed by atoms with E-state index >= 15 is 0 Å². The van der Waals surface area contributed by atoms with Crippen molar-refractivity contribution >= 4 is 33.8 Å². The maximum Gasteiger partial charge on any atom is 0.466 e. The highest BCUT2D eigenvalue weighted by Crippen LogP contribution is 2.24. The summed E-state index contributed by atoms with van der Waals surface area (Å²) in [4.78, 5) is 0. The normalized spacial score (nSPS) is 13.6. The van der Waals surface area contributed by atoms with Crippen LogP contribution in [0.1, 0.15) is 14.9 Å². The second kappa shape index (κ2) is 7.67. The topological polar surface area (TPSA) is 27.7 Å². The Hall–Kier alpha value is 0.748. The molecule has 0 atom stereocenters. The molecule has 0 N–H and O–H groups in total. The molecule has 0 heterocycles. The highest BCUT2D eigenvalue weighted by Gasteiger charge is 2.45. The fourth-order valence-corrected chi connectivity index (χ4v) is 16.7. The molecule has 3 nitrogen and oxygen atoms in total. The minimum atomic E-state index is -2.47. The van der Waals surface area contributed by atoms with Gasteiger partial charge in [-0.2, -0.15) is 0 Å². The fraction of sp³-hybridized carbons (Fsp3) is 1.00. The van der Waals surface area contributed by atoms with Gasteiger partial charge in [0, 0.05) is 6.55 Å². The standard InChI is InChI=1S/C10H30O3Si4.2CH4/c1-14(2,3)11-17(10,12-15(4,5)6)13-16(7,8)9;;/h1-10H3;2*1H4. The Balaban J connectivity index is -0.00000128. The molecule has 0 aliphatic rings. The van der Waals surface area contributed by atoms with E-state index in [1.807, 2.05) is 0 Å². The summed E-state index contributed by atoms with van der Waals surface area (Å²) >= 11 is 0. The predicted molar refractivity (Wildman–Crippen MR) is 98.4 cm³/mol. The van der Waals surface area contributed by atoms with Gasteiger partial charge in [-0.05, 0) is 58.9 Å². The Morgan fingerprint density at radius 2 is 0.579 bits per heavy atom. The van der Waals surface area contributed by atoms with E-state index in [1.54, 1.807) is 0 Å². The van der Waals surface area contributed by atoms with E-state index in [4.69, 9.17) is 12.3 Å². The summed E-state index contributed by atoms with van der Waals surface area (Å²) in [7, 11) is -7.38. The molecule has 0 saturated carbocycles. The summed E-state index contributed by atoms with van der Waals surface area (Å²) in [6, 6.07) is 0. The van der Waals surface area contributed by atoms with Gasteiger partial charge in [-0.1, -0.05) is 14.9 Å². The molecule has 120 valence electrons. The molecule has 0 radical (unpaired) electrons. The highest BCUT2D eigenvalue weighted by atomic mass is 28.5. The zero-order chi connectivity index (χ0) is 14.1. The Labute approximate surface area is 126 Å². The second-order valence-electron chi connectivity index (χ2n) is 7.51. The van der Waals surface area contributed by atoms with E-state index in [-0.39, 0.29) is 14.9 Å². The summed E-state index contributed by atoms with van der Waals surface area (Å²) in [5, 5.41) is 0. The lowest BCUT2D eigenvalue weighted by atomic mass is 11.8. The molecular formula is C12H38O3Si4. The molecule has 7 heteroatoms. The first-order valence-electron chi connectivity index (χ1n) is 6.22. The molecule has 0 unspecified atom stereocenters. The van der Waals surface area contributed by atoms with Gasteiger partial charge in [-0.3, -0.25) is 0 Å². The third-order valence-electron chi connectivity index (χ3n) is 1.47. The van der Waals surface area contributed by atoms with Crippen molar-refractivity contribution in [2.24, 2.45) is 0 Å². The van der Waals surface area contributed by atoms with Crippen LogP contribution in [0, 0.1) is 0 Å². The lowest BCUT2D eigenvalue weighted by Gasteiger charge is -2.40. The highest BCUT2D eigenvalue weighted by molar-refractivity contribution is 6.89. The molecule has 0 amide bonds. The molecule has 0 rings (SSSR count). The van der Waals surface area contributed by atoms with Crippen molar-refractivity contribution in [2.75, 3.05) is 0 Å². The van der Waals surface area contributed by atoms with Crippen LogP contribution in [0.3, 0.4) is 0 Å². The summed E-state index contributed by atoms with van der Waals surface area (Å²) < 4.78 is 18.8. The van der Waals surface area contributed by atoms with E-state index in [0.717, 1.165) is 0 Å². The quantitative estimate of drug-likeness (QED) is 0.606. The van der Waals surface area contributed by atoms with E-state index in [0.29, 0.717) is 0 Å². The molecule has 0 aliphatic heterocycles. The van der Waals surface area contributed by atoms with Crippen LogP contribution >= 0.6 is 0 Å². The maximum absolute atomic E-state index is 6.28. The van der Waals surface area contributed by atoms with Crippen LogP contribution in [0.5, 0.6) is 0 Å². The molecule has 19 heavy (non-hydrogen) atoms. The Morgan fingerprint density at radius 3 is 0.684 bits per heavy atom. The summed E-state index contributed by atoms with van der Waals surface area (Å²) in [5.74, 6) is 0. The molecule has 0 fully saturated rings. The van der Waals surface area contributed by atoms with E-state index in [2.05, 4.69) is 65.5 Å². The van der Waals surface area contributed by atoms with Crippen LogP contribution < -0.4 is 0 Å². The summed E-state index contributed by atoms with van der Waals surface area (Å²) in [5.41, 5.74) is 0. The van der Waals surface area contributed by atoms with Crippen molar-refractivity contribution in [3.05, 3.63) is 0 Å². The number of hydrogen-bond acceptors (Lipinski definition) is 3. The first-order valence-corrected chi connectivity index (χ1v) is 18.7. The predicted octanol–water partition coefficient (Wildman–Crippen LogP) is 5.38. The molecule has 0 aromatic rings. The van der Waals surface area contributed by atoms with Crippen molar-refractivity contribution in [1.82, 2.24) is 0 Å². The Kier molecular flexibility index (Phi) is 9.99. The van der Waals surface area contributed by atoms with Crippen molar-refractivity contribution in [3.63, 3.8) is 0 Å². The van der Waals surface area contributed by atoms with Gasteiger partial charge >= 0.3 is 8.80 Å². The SMILES string of the molecule is C.C.C[Si](C)(C)O[Si](C)(O[Si](C)(C)C)O[Si](C)(C)C. The van der Waals surface area contributed by atoms with Crippen molar-refractivity contribution in [1.29, 1.82) is 0 Å². The molecule has 0 aromatic heterocycles. The average molecular weight is 343 g/mol. The molecule has 0 aromatic carbocycles. The average Bonchev–Trinajstić information content (AvgIpc) is 1.65. The van der Waals surface area contributed by atoms with Gasteiger partial charge in [-0.15, -0.1) is 0 Å². The minimum absolute atomic E-state index is 0. The van der Waals surface area contributed by atoms with Crippen LogP contribution in [0.2, 0.25) is 65.5 Å². The number of rotatable bonds is 6. The first-order chi connectivity index (χ1) is 7.12. The molecule has 0 aliphatic carbocycles. The van der Waals surface area contributed by atoms with Gasteiger partial charge in [0.25, 0.3) is 0 Å². The van der Waals surface area contributed by atoms with Gasteiger partial charge in [0.2, 0.25) is 0 Å².